The molecule has 0 N–H and O–H groups in total. The Balaban J connectivity index is 2.78. The molecular formula is C16H23ClF2. The predicted octanol–water partition coefficient (Wildman–Crippen LogP) is 6.02. The summed E-state index contributed by atoms with van der Waals surface area (Å²) in [5.41, 5.74) is 1.07. The number of benzene rings is 1. The van der Waals surface area contributed by atoms with Crippen LogP contribution in [0.25, 0.3) is 0 Å². The maximum absolute atomic E-state index is 13.7. The van der Waals surface area contributed by atoms with Crippen LogP contribution in [0, 0.1) is 29.9 Å². The number of rotatable bonds is 4. The van der Waals surface area contributed by atoms with E-state index in [0.717, 1.165) is 12.5 Å². The van der Waals surface area contributed by atoms with E-state index in [9.17, 15) is 8.78 Å². The van der Waals surface area contributed by atoms with Gasteiger partial charge in [-0.15, -0.1) is 11.6 Å². The first-order valence-corrected chi connectivity index (χ1v) is 7.13. The van der Waals surface area contributed by atoms with Gasteiger partial charge in [0, 0.05) is 11.6 Å². The number of hydrogen-bond acceptors (Lipinski definition) is 0. The molecule has 3 heteroatoms. The SMILES string of the molecule is Cc1cc(C(Cl)CC(C)CC(C)(C)C)c(F)cc1F. The van der Waals surface area contributed by atoms with Crippen LogP contribution in [0.2, 0.25) is 0 Å². The second-order valence-corrected chi connectivity index (χ2v) is 7.22. The van der Waals surface area contributed by atoms with Gasteiger partial charge in [-0.2, -0.15) is 0 Å². The van der Waals surface area contributed by atoms with Crippen molar-refractivity contribution in [2.24, 2.45) is 11.3 Å². The van der Waals surface area contributed by atoms with E-state index in [1.807, 2.05) is 0 Å². The average molecular weight is 289 g/mol. The minimum absolute atomic E-state index is 0.229. The third kappa shape index (κ3) is 5.10. The first-order valence-electron chi connectivity index (χ1n) is 6.70. The second-order valence-electron chi connectivity index (χ2n) is 6.70. The lowest BCUT2D eigenvalue weighted by molar-refractivity contribution is 0.294. The number of alkyl halides is 1. The van der Waals surface area contributed by atoms with E-state index in [1.54, 1.807) is 6.92 Å². The molecule has 0 fully saturated rings. The van der Waals surface area contributed by atoms with Crippen molar-refractivity contribution in [1.29, 1.82) is 0 Å². The van der Waals surface area contributed by atoms with Crippen LogP contribution in [0.15, 0.2) is 12.1 Å². The van der Waals surface area contributed by atoms with Crippen molar-refractivity contribution < 1.29 is 8.78 Å². The third-order valence-electron chi connectivity index (χ3n) is 3.19. The highest BCUT2D eigenvalue weighted by Crippen LogP contribution is 2.35. The molecule has 0 saturated carbocycles. The first kappa shape index (κ1) is 16.4. The van der Waals surface area contributed by atoms with Gasteiger partial charge in [-0.3, -0.25) is 0 Å². The van der Waals surface area contributed by atoms with Gasteiger partial charge in [-0.1, -0.05) is 27.7 Å². The Hall–Kier alpha value is -0.630. The van der Waals surface area contributed by atoms with E-state index in [-0.39, 0.29) is 5.41 Å². The van der Waals surface area contributed by atoms with E-state index < -0.39 is 17.0 Å². The fourth-order valence-electron chi connectivity index (χ4n) is 2.53. The molecule has 1 aromatic rings. The minimum Gasteiger partial charge on any atom is -0.207 e. The minimum atomic E-state index is -0.550. The zero-order valence-electron chi connectivity index (χ0n) is 12.4. The fraction of sp³-hybridized carbons (Fsp3) is 0.625. The van der Waals surface area contributed by atoms with Crippen molar-refractivity contribution in [3.63, 3.8) is 0 Å². The lowest BCUT2D eigenvalue weighted by atomic mass is 9.83. The van der Waals surface area contributed by atoms with E-state index in [2.05, 4.69) is 27.7 Å². The molecule has 2 unspecified atom stereocenters. The molecule has 0 aliphatic rings. The molecular weight excluding hydrogens is 266 g/mol. The number of hydrogen-bond donors (Lipinski definition) is 0. The molecule has 0 amide bonds. The Bertz CT molecular complexity index is 435. The molecule has 108 valence electrons. The first-order chi connectivity index (χ1) is 8.60. The highest BCUT2D eigenvalue weighted by molar-refractivity contribution is 6.20. The standard InChI is InChI=1S/C16H23ClF2/c1-10(9-16(3,4)5)6-13(17)12-7-11(2)14(18)8-15(12)19/h7-8,10,13H,6,9H2,1-5H3. The smallest absolute Gasteiger partial charge is 0.130 e. The van der Waals surface area contributed by atoms with Crippen molar-refractivity contribution in [2.45, 2.75) is 52.8 Å². The number of halogens is 3. The fourth-order valence-corrected chi connectivity index (χ4v) is 3.00. The van der Waals surface area contributed by atoms with Crippen molar-refractivity contribution in [3.05, 3.63) is 34.9 Å². The van der Waals surface area contributed by atoms with Crippen LogP contribution in [0.4, 0.5) is 8.78 Å². The zero-order valence-corrected chi connectivity index (χ0v) is 13.1. The molecule has 0 aliphatic carbocycles. The molecule has 1 aromatic carbocycles. The quantitative estimate of drug-likeness (QED) is 0.595. The summed E-state index contributed by atoms with van der Waals surface area (Å²) < 4.78 is 27.0. The molecule has 1 rings (SSSR count). The van der Waals surface area contributed by atoms with Gasteiger partial charge in [0.25, 0.3) is 0 Å². The zero-order chi connectivity index (χ0) is 14.8. The largest absolute Gasteiger partial charge is 0.207 e. The van der Waals surface area contributed by atoms with E-state index in [4.69, 9.17) is 11.6 Å². The van der Waals surface area contributed by atoms with Gasteiger partial charge in [0.1, 0.15) is 11.6 Å². The molecule has 0 bridgehead atoms. The lowest BCUT2D eigenvalue weighted by Gasteiger charge is -2.25. The maximum Gasteiger partial charge on any atom is 0.130 e. The predicted molar refractivity (Wildman–Crippen MR) is 77.5 cm³/mol. The van der Waals surface area contributed by atoms with E-state index >= 15 is 0 Å². The van der Waals surface area contributed by atoms with Gasteiger partial charge in [0.05, 0.1) is 5.38 Å². The summed E-state index contributed by atoms with van der Waals surface area (Å²) >= 11 is 6.30. The lowest BCUT2D eigenvalue weighted by Crippen LogP contribution is -2.13. The van der Waals surface area contributed by atoms with Gasteiger partial charge in [0.15, 0.2) is 0 Å². The molecule has 19 heavy (non-hydrogen) atoms. The highest BCUT2D eigenvalue weighted by Gasteiger charge is 2.21. The van der Waals surface area contributed by atoms with E-state index in [0.29, 0.717) is 23.5 Å². The van der Waals surface area contributed by atoms with Gasteiger partial charge < -0.3 is 0 Å². The summed E-state index contributed by atoms with van der Waals surface area (Å²) in [5.74, 6) is -0.675. The normalized spacial score (nSPS) is 15.4. The van der Waals surface area contributed by atoms with E-state index in [1.165, 1.54) is 6.07 Å². The molecule has 0 spiro atoms. The molecule has 0 saturated heterocycles. The van der Waals surface area contributed by atoms with Crippen LogP contribution in [-0.2, 0) is 0 Å². The summed E-state index contributed by atoms with van der Waals surface area (Å²) in [6, 6.07) is 2.45. The topological polar surface area (TPSA) is 0 Å². The van der Waals surface area contributed by atoms with Gasteiger partial charge in [-0.25, -0.2) is 8.78 Å². The monoisotopic (exact) mass is 288 g/mol. The van der Waals surface area contributed by atoms with Crippen molar-refractivity contribution in [1.82, 2.24) is 0 Å². The average Bonchev–Trinajstić information content (AvgIpc) is 2.20. The Morgan fingerprint density at radius 1 is 1.16 bits per heavy atom. The van der Waals surface area contributed by atoms with Crippen LogP contribution in [0.1, 0.15) is 57.0 Å². The molecule has 0 heterocycles. The summed E-state index contributed by atoms with van der Waals surface area (Å²) in [6.07, 6.45) is 1.72. The maximum atomic E-state index is 13.7. The summed E-state index contributed by atoms with van der Waals surface area (Å²) in [7, 11) is 0. The van der Waals surface area contributed by atoms with Crippen molar-refractivity contribution in [2.75, 3.05) is 0 Å². The Labute approximate surface area is 120 Å². The summed E-state index contributed by atoms with van der Waals surface area (Å²) in [4.78, 5) is 0. The third-order valence-corrected chi connectivity index (χ3v) is 3.60. The molecule has 0 nitrogen and oxygen atoms in total. The highest BCUT2D eigenvalue weighted by atomic mass is 35.5. The molecule has 0 radical (unpaired) electrons. The summed E-state index contributed by atoms with van der Waals surface area (Å²) in [5, 5.41) is -0.406. The van der Waals surface area contributed by atoms with Gasteiger partial charge in [0.2, 0.25) is 0 Å². The Morgan fingerprint density at radius 3 is 2.26 bits per heavy atom. The van der Waals surface area contributed by atoms with Gasteiger partial charge in [-0.05, 0) is 42.7 Å². The molecule has 0 aliphatic heterocycles. The van der Waals surface area contributed by atoms with Crippen LogP contribution in [0.3, 0.4) is 0 Å². The molecule has 0 aromatic heterocycles. The van der Waals surface area contributed by atoms with Crippen LogP contribution in [0.5, 0.6) is 0 Å². The van der Waals surface area contributed by atoms with Crippen molar-refractivity contribution >= 4 is 11.6 Å². The Morgan fingerprint density at radius 2 is 1.74 bits per heavy atom. The van der Waals surface area contributed by atoms with Crippen molar-refractivity contribution in [3.8, 4) is 0 Å². The summed E-state index contributed by atoms with van der Waals surface area (Å²) in [6.45, 7) is 10.3. The van der Waals surface area contributed by atoms with Gasteiger partial charge >= 0.3 is 0 Å². The van der Waals surface area contributed by atoms with Crippen LogP contribution >= 0.6 is 11.6 Å². The molecule has 2 atom stereocenters. The second kappa shape index (κ2) is 6.21. The van der Waals surface area contributed by atoms with Crippen LogP contribution in [-0.4, -0.2) is 0 Å². The number of aryl methyl sites for hydroxylation is 1. The van der Waals surface area contributed by atoms with Crippen LogP contribution < -0.4 is 0 Å². The Kier molecular flexibility index (Phi) is 5.37.